The summed E-state index contributed by atoms with van der Waals surface area (Å²) in [6, 6.07) is 9.83. The number of benzene rings is 1. The van der Waals surface area contributed by atoms with Gasteiger partial charge >= 0.3 is 6.09 Å². The molecule has 0 bridgehead atoms. The van der Waals surface area contributed by atoms with E-state index in [4.69, 9.17) is 10.2 Å². The molecule has 6 heteroatoms. The van der Waals surface area contributed by atoms with Crippen molar-refractivity contribution >= 4 is 17.9 Å². The average molecular weight is 298 g/mol. The highest BCUT2D eigenvalue weighted by Gasteiger charge is 2.19. The number of likely N-dealkylation sites (N-methyl/N-ethyl adjacent to an activating group) is 1. The normalized spacial score (nSPS) is 14.0. The van der Waals surface area contributed by atoms with Crippen LogP contribution in [-0.4, -0.2) is 52.8 Å². The smallest absolute Gasteiger partial charge is 0.404 e. The number of rotatable bonds is 8. The van der Waals surface area contributed by atoms with Crippen LogP contribution in [0.3, 0.4) is 0 Å². The molecular formula is C14H22N2O3S. The van der Waals surface area contributed by atoms with Crippen LogP contribution in [0.5, 0.6) is 0 Å². The minimum atomic E-state index is -1.01. The summed E-state index contributed by atoms with van der Waals surface area (Å²) in [4.78, 5) is 13.8. The highest BCUT2D eigenvalue weighted by molar-refractivity contribution is 7.99. The number of thioether (sulfide) groups is 1. The zero-order valence-electron chi connectivity index (χ0n) is 11.8. The fourth-order valence-corrected chi connectivity index (χ4v) is 3.15. The van der Waals surface area contributed by atoms with Crippen LogP contribution in [0, 0.1) is 0 Å². The molecule has 0 unspecified atom stereocenters. The first-order valence-electron chi connectivity index (χ1n) is 6.55. The molecule has 0 aliphatic carbocycles. The molecule has 0 saturated heterocycles. The number of carbonyl (C=O) groups is 1. The van der Waals surface area contributed by atoms with E-state index in [-0.39, 0.29) is 18.0 Å². The Hall–Kier alpha value is -1.24. The number of amides is 1. The third-order valence-corrected chi connectivity index (χ3v) is 4.25. The molecule has 0 radical (unpaired) electrons. The molecule has 1 rings (SSSR count). The van der Waals surface area contributed by atoms with Gasteiger partial charge in [0.1, 0.15) is 0 Å². The van der Waals surface area contributed by atoms with Gasteiger partial charge in [0.15, 0.2) is 0 Å². The average Bonchev–Trinajstić information content (AvgIpc) is 2.38. The molecule has 2 atom stereocenters. The largest absolute Gasteiger partial charge is 0.465 e. The monoisotopic (exact) mass is 298 g/mol. The lowest BCUT2D eigenvalue weighted by atomic mass is 10.2. The van der Waals surface area contributed by atoms with Gasteiger partial charge in [0.2, 0.25) is 0 Å². The zero-order chi connectivity index (χ0) is 15.0. The molecule has 3 N–H and O–H groups in total. The molecule has 1 amide bonds. The number of aliphatic hydroxyl groups is 1. The zero-order valence-corrected chi connectivity index (χ0v) is 12.6. The van der Waals surface area contributed by atoms with E-state index < -0.39 is 6.09 Å². The lowest BCUT2D eigenvalue weighted by molar-refractivity contribution is 0.183. The van der Waals surface area contributed by atoms with E-state index in [1.165, 1.54) is 0 Å². The summed E-state index contributed by atoms with van der Waals surface area (Å²) < 4.78 is 0. The Morgan fingerprint density at radius 1 is 1.40 bits per heavy atom. The molecule has 1 aromatic carbocycles. The number of aliphatic hydroxyl groups excluding tert-OH is 1. The standard InChI is InChI=1S/C14H22N2O3S/c1-11(15-14(18)19)10-13(16(2)8-9-17)20-12-6-4-3-5-7-12/h3-7,11,13,15,17H,8-10H2,1-2H3,(H,18,19)/t11-,13+/m1/s1. The second-order valence-electron chi connectivity index (χ2n) is 4.68. The summed E-state index contributed by atoms with van der Waals surface area (Å²) in [7, 11) is 1.93. The number of nitrogens with zero attached hydrogens (tertiary/aromatic N) is 1. The van der Waals surface area contributed by atoms with E-state index in [2.05, 4.69) is 5.32 Å². The van der Waals surface area contributed by atoms with E-state index in [0.29, 0.717) is 13.0 Å². The van der Waals surface area contributed by atoms with Crippen molar-refractivity contribution in [2.24, 2.45) is 0 Å². The van der Waals surface area contributed by atoms with Crippen LogP contribution in [-0.2, 0) is 0 Å². The summed E-state index contributed by atoms with van der Waals surface area (Å²) in [6.45, 7) is 2.49. The fraction of sp³-hybridized carbons (Fsp3) is 0.500. The van der Waals surface area contributed by atoms with Gasteiger partial charge in [-0.05, 0) is 32.5 Å². The highest BCUT2D eigenvalue weighted by atomic mass is 32.2. The Morgan fingerprint density at radius 2 is 2.05 bits per heavy atom. The molecule has 112 valence electrons. The van der Waals surface area contributed by atoms with Gasteiger partial charge in [-0.3, -0.25) is 4.90 Å². The molecule has 0 heterocycles. The van der Waals surface area contributed by atoms with Crippen molar-refractivity contribution in [3.8, 4) is 0 Å². The van der Waals surface area contributed by atoms with Gasteiger partial charge in [0, 0.05) is 17.5 Å². The predicted octanol–water partition coefficient (Wildman–Crippen LogP) is 2.08. The van der Waals surface area contributed by atoms with Gasteiger partial charge < -0.3 is 15.5 Å². The predicted molar refractivity (Wildman–Crippen MR) is 81.0 cm³/mol. The van der Waals surface area contributed by atoms with Crippen LogP contribution >= 0.6 is 11.8 Å². The minimum Gasteiger partial charge on any atom is -0.465 e. The lowest BCUT2D eigenvalue weighted by Gasteiger charge is -2.29. The first kappa shape index (κ1) is 16.8. The molecule has 0 fully saturated rings. The SMILES string of the molecule is C[C@H](C[C@H](Sc1ccccc1)N(C)CCO)NC(=O)O. The second-order valence-corrected chi connectivity index (χ2v) is 5.93. The maximum absolute atomic E-state index is 10.7. The quantitative estimate of drug-likeness (QED) is 0.506. The topological polar surface area (TPSA) is 72.8 Å². The first-order valence-corrected chi connectivity index (χ1v) is 7.43. The third-order valence-electron chi connectivity index (χ3n) is 2.88. The Bertz CT molecular complexity index is 403. The molecule has 0 aliphatic rings. The van der Waals surface area contributed by atoms with Gasteiger partial charge in [-0.1, -0.05) is 18.2 Å². The van der Waals surface area contributed by atoms with Crippen LogP contribution in [0.4, 0.5) is 4.79 Å². The van der Waals surface area contributed by atoms with Crippen molar-refractivity contribution in [1.82, 2.24) is 10.2 Å². The van der Waals surface area contributed by atoms with Crippen molar-refractivity contribution in [2.75, 3.05) is 20.2 Å². The second kappa shape index (κ2) is 8.84. The van der Waals surface area contributed by atoms with Gasteiger partial charge in [-0.15, -0.1) is 11.8 Å². The highest BCUT2D eigenvalue weighted by Crippen LogP contribution is 2.27. The van der Waals surface area contributed by atoms with Crippen LogP contribution in [0.2, 0.25) is 0 Å². The third kappa shape index (κ3) is 6.27. The van der Waals surface area contributed by atoms with Crippen molar-refractivity contribution in [2.45, 2.75) is 29.7 Å². The molecular weight excluding hydrogens is 276 g/mol. The van der Waals surface area contributed by atoms with Crippen LogP contribution in [0.25, 0.3) is 0 Å². The number of carboxylic acid groups (broad SMARTS) is 1. The lowest BCUT2D eigenvalue weighted by Crippen LogP contribution is -2.39. The number of nitrogens with one attached hydrogen (secondary N) is 1. The summed E-state index contributed by atoms with van der Waals surface area (Å²) >= 11 is 1.67. The molecule has 5 nitrogen and oxygen atoms in total. The summed E-state index contributed by atoms with van der Waals surface area (Å²) in [5.74, 6) is 0. The Morgan fingerprint density at radius 3 is 2.60 bits per heavy atom. The maximum Gasteiger partial charge on any atom is 0.404 e. The van der Waals surface area contributed by atoms with Gasteiger partial charge in [-0.2, -0.15) is 0 Å². The van der Waals surface area contributed by atoms with E-state index in [1.807, 2.05) is 49.2 Å². The van der Waals surface area contributed by atoms with Crippen LogP contribution in [0.15, 0.2) is 35.2 Å². The van der Waals surface area contributed by atoms with Gasteiger partial charge in [0.25, 0.3) is 0 Å². The molecule has 1 aromatic rings. The van der Waals surface area contributed by atoms with Crippen molar-refractivity contribution in [3.05, 3.63) is 30.3 Å². The molecule has 0 aromatic heterocycles. The van der Waals surface area contributed by atoms with E-state index in [1.54, 1.807) is 11.8 Å². The Balaban J connectivity index is 2.67. The van der Waals surface area contributed by atoms with Crippen molar-refractivity contribution < 1.29 is 15.0 Å². The van der Waals surface area contributed by atoms with Gasteiger partial charge in [0.05, 0.1) is 12.0 Å². The fourth-order valence-electron chi connectivity index (χ4n) is 1.85. The Kier molecular flexibility index (Phi) is 7.43. The molecule has 0 spiro atoms. The Labute approximate surface area is 124 Å². The minimum absolute atomic E-state index is 0.0864. The van der Waals surface area contributed by atoms with Gasteiger partial charge in [-0.25, -0.2) is 4.79 Å². The van der Waals surface area contributed by atoms with E-state index in [0.717, 1.165) is 4.90 Å². The maximum atomic E-state index is 10.7. The molecule has 0 saturated carbocycles. The number of hydrogen-bond acceptors (Lipinski definition) is 4. The summed E-state index contributed by atoms with van der Waals surface area (Å²) in [5, 5.41) is 20.4. The number of hydrogen-bond donors (Lipinski definition) is 3. The van der Waals surface area contributed by atoms with E-state index in [9.17, 15) is 4.79 Å². The van der Waals surface area contributed by atoms with Crippen molar-refractivity contribution in [3.63, 3.8) is 0 Å². The van der Waals surface area contributed by atoms with E-state index >= 15 is 0 Å². The first-order chi connectivity index (χ1) is 9.52. The molecule has 0 aliphatic heterocycles. The summed E-state index contributed by atoms with van der Waals surface area (Å²) in [6.07, 6.45) is -0.340. The molecule has 20 heavy (non-hydrogen) atoms. The van der Waals surface area contributed by atoms with Crippen LogP contribution < -0.4 is 5.32 Å². The summed E-state index contributed by atoms with van der Waals surface area (Å²) in [5.41, 5.74) is 0. The van der Waals surface area contributed by atoms with Crippen LogP contribution in [0.1, 0.15) is 13.3 Å². The van der Waals surface area contributed by atoms with Crippen molar-refractivity contribution in [1.29, 1.82) is 0 Å².